The molecule has 0 spiro atoms. The number of H-pyrrole nitrogens is 1. The van der Waals surface area contributed by atoms with Crippen LogP contribution >= 0.6 is 0 Å². The lowest BCUT2D eigenvalue weighted by Crippen LogP contribution is -2.27. The van der Waals surface area contributed by atoms with Crippen LogP contribution in [0.1, 0.15) is 39.0 Å². The first-order valence-electron chi connectivity index (χ1n) is 7.32. The van der Waals surface area contributed by atoms with Gasteiger partial charge in [0.25, 0.3) is 0 Å². The molecule has 1 amide bonds. The van der Waals surface area contributed by atoms with Crippen molar-refractivity contribution in [1.82, 2.24) is 10.3 Å². The Balaban J connectivity index is 1.71. The van der Waals surface area contributed by atoms with Gasteiger partial charge in [0.1, 0.15) is 5.75 Å². The largest absolute Gasteiger partial charge is 0.412 e. The molecule has 0 unspecified atom stereocenters. The molecule has 0 aliphatic heterocycles. The third-order valence-corrected chi connectivity index (χ3v) is 3.29. The average Bonchev–Trinajstić information content (AvgIpc) is 2.90. The van der Waals surface area contributed by atoms with E-state index in [0.717, 1.165) is 23.7 Å². The van der Waals surface area contributed by atoms with E-state index in [9.17, 15) is 4.79 Å². The standard InChI is InChI=1S/C16H22N2O2/c1-2-3-4-5-6-10-18-16(19)20-14-8-7-13-9-11-17-15(13)12-14/h7-9,11-12,17H,2-6,10H2,1H3,(H,18,19). The molecule has 0 atom stereocenters. The maximum Gasteiger partial charge on any atom is 0.412 e. The molecule has 108 valence electrons. The van der Waals surface area contributed by atoms with Gasteiger partial charge in [-0.2, -0.15) is 0 Å². The number of amides is 1. The van der Waals surface area contributed by atoms with E-state index in [-0.39, 0.29) is 6.09 Å². The number of carbonyl (C=O) groups is 1. The summed E-state index contributed by atoms with van der Waals surface area (Å²) in [5.74, 6) is 0.559. The van der Waals surface area contributed by atoms with E-state index < -0.39 is 0 Å². The third kappa shape index (κ3) is 4.30. The molecule has 0 aliphatic rings. The number of hydrogen-bond donors (Lipinski definition) is 2. The Hall–Kier alpha value is -1.97. The highest BCUT2D eigenvalue weighted by molar-refractivity contribution is 5.81. The van der Waals surface area contributed by atoms with Crippen molar-refractivity contribution in [1.29, 1.82) is 0 Å². The molecule has 1 aromatic carbocycles. The molecule has 0 fully saturated rings. The maximum absolute atomic E-state index is 11.6. The number of ether oxygens (including phenoxy) is 1. The minimum Gasteiger partial charge on any atom is -0.410 e. The van der Waals surface area contributed by atoms with Gasteiger partial charge in [-0.05, 0) is 30.0 Å². The molecule has 20 heavy (non-hydrogen) atoms. The number of rotatable bonds is 7. The lowest BCUT2D eigenvalue weighted by atomic mass is 10.1. The van der Waals surface area contributed by atoms with Gasteiger partial charge >= 0.3 is 6.09 Å². The van der Waals surface area contributed by atoms with E-state index in [2.05, 4.69) is 17.2 Å². The van der Waals surface area contributed by atoms with E-state index in [0.29, 0.717) is 12.3 Å². The summed E-state index contributed by atoms with van der Waals surface area (Å²) in [5.41, 5.74) is 0.967. The fourth-order valence-electron chi connectivity index (χ4n) is 2.15. The van der Waals surface area contributed by atoms with E-state index in [1.54, 1.807) is 6.07 Å². The van der Waals surface area contributed by atoms with Gasteiger partial charge in [0.2, 0.25) is 0 Å². The van der Waals surface area contributed by atoms with Gasteiger partial charge in [0.05, 0.1) is 0 Å². The number of hydrogen-bond acceptors (Lipinski definition) is 2. The summed E-state index contributed by atoms with van der Waals surface area (Å²) in [6.45, 7) is 2.86. The molecule has 2 aromatic rings. The van der Waals surface area contributed by atoms with Crippen molar-refractivity contribution in [2.24, 2.45) is 0 Å². The maximum atomic E-state index is 11.6. The molecule has 1 aromatic heterocycles. The normalized spacial score (nSPS) is 10.7. The van der Waals surface area contributed by atoms with Crippen molar-refractivity contribution >= 4 is 17.0 Å². The lowest BCUT2D eigenvalue weighted by Gasteiger charge is -2.06. The number of nitrogens with one attached hydrogen (secondary N) is 2. The Morgan fingerprint density at radius 2 is 2.05 bits per heavy atom. The van der Waals surface area contributed by atoms with Gasteiger partial charge < -0.3 is 15.0 Å². The zero-order chi connectivity index (χ0) is 14.2. The number of unbranched alkanes of at least 4 members (excludes halogenated alkanes) is 4. The van der Waals surface area contributed by atoms with Gasteiger partial charge in [-0.25, -0.2) is 4.79 Å². The van der Waals surface area contributed by atoms with E-state index in [4.69, 9.17) is 4.74 Å². The average molecular weight is 274 g/mol. The SMILES string of the molecule is CCCCCCCNC(=O)Oc1ccc2cc[nH]c2c1. The van der Waals surface area contributed by atoms with Crippen LogP contribution < -0.4 is 10.1 Å². The van der Waals surface area contributed by atoms with Crippen molar-refractivity contribution in [2.45, 2.75) is 39.0 Å². The van der Waals surface area contributed by atoms with Crippen LogP contribution in [0.15, 0.2) is 30.5 Å². The Morgan fingerprint density at radius 1 is 1.20 bits per heavy atom. The Morgan fingerprint density at radius 3 is 2.90 bits per heavy atom. The smallest absolute Gasteiger partial charge is 0.410 e. The monoisotopic (exact) mass is 274 g/mol. The van der Waals surface area contributed by atoms with Crippen molar-refractivity contribution in [3.8, 4) is 5.75 Å². The molecular formula is C16H22N2O2. The van der Waals surface area contributed by atoms with Crippen molar-refractivity contribution in [3.63, 3.8) is 0 Å². The second-order valence-electron chi connectivity index (χ2n) is 4.96. The molecule has 2 N–H and O–H groups in total. The predicted octanol–water partition coefficient (Wildman–Crippen LogP) is 4.23. The Bertz CT molecular complexity index is 548. The fraction of sp³-hybridized carbons (Fsp3) is 0.438. The molecule has 0 aliphatic carbocycles. The van der Waals surface area contributed by atoms with Gasteiger partial charge in [0, 0.05) is 24.3 Å². The summed E-state index contributed by atoms with van der Waals surface area (Å²) in [4.78, 5) is 14.7. The molecule has 0 bridgehead atoms. The van der Waals surface area contributed by atoms with Crippen LogP contribution in [0.2, 0.25) is 0 Å². The van der Waals surface area contributed by atoms with Gasteiger partial charge in [-0.1, -0.05) is 32.6 Å². The quantitative estimate of drug-likeness (QED) is 0.742. The topological polar surface area (TPSA) is 54.1 Å². The minimum atomic E-state index is -0.383. The van der Waals surface area contributed by atoms with Crippen LogP contribution in [0.3, 0.4) is 0 Å². The van der Waals surface area contributed by atoms with E-state index >= 15 is 0 Å². The van der Waals surface area contributed by atoms with Crippen molar-refractivity contribution in [3.05, 3.63) is 30.5 Å². The van der Waals surface area contributed by atoms with Gasteiger partial charge in [-0.15, -0.1) is 0 Å². The summed E-state index contributed by atoms with van der Waals surface area (Å²) in [6.07, 6.45) is 7.37. The van der Waals surface area contributed by atoms with Gasteiger partial charge in [0.15, 0.2) is 0 Å². The van der Waals surface area contributed by atoms with Crippen LogP contribution in [0, 0.1) is 0 Å². The van der Waals surface area contributed by atoms with Crippen molar-refractivity contribution in [2.75, 3.05) is 6.54 Å². The number of aromatic amines is 1. The van der Waals surface area contributed by atoms with Crippen LogP contribution in [0.25, 0.3) is 10.9 Å². The molecule has 2 rings (SSSR count). The Labute approximate surface area is 119 Å². The zero-order valence-electron chi connectivity index (χ0n) is 11.9. The Kier molecular flexibility index (Phi) is 5.47. The molecule has 4 heteroatoms. The van der Waals surface area contributed by atoms with Crippen LogP contribution in [-0.2, 0) is 0 Å². The third-order valence-electron chi connectivity index (χ3n) is 3.29. The lowest BCUT2D eigenvalue weighted by molar-refractivity contribution is 0.200. The summed E-state index contributed by atoms with van der Waals surface area (Å²) < 4.78 is 5.25. The minimum absolute atomic E-state index is 0.383. The molecule has 0 saturated carbocycles. The van der Waals surface area contributed by atoms with Crippen molar-refractivity contribution < 1.29 is 9.53 Å². The predicted molar refractivity (Wildman–Crippen MR) is 81.1 cm³/mol. The molecular weight excluding hydrogens is 252 g/mol. The van der Waals surface area contributed by atoms with E-state index in [1.807, 2.05) is 24.4 Å². The summed E-state index contributed by atoms with van der Waals surface area (Å²) in [7, 11) is 0. The van der Waals surface area contributed by atoms with Crippen LogP contribution in [0.5, 0.6) is 5.75 Å². The van der Waals surface area contributed by atoms with E-state index in [1.165, 1.54) is 19.3 Å². The molecule has 4 nitrogen and oxygen atoms in total. The second kappa shape index (κ2) is 7.58. The van der Waals surface area contributed by atoms with Crippen LogP contribution in [0.4, 0.5) is 4.79 Å². The highest BCUT2D eigenvalue weighted by Gasteiger charge is 2.04. The fourth-order valence-corrected chi connectivity index (χ4v) is 2.15. The van der Waals surface area contributed by atoms with Crippen LogP contribution in [-0.4, -0.2) is 17.6 Å². The summed E-state index contributed by atoms with van der Waals surface area (Å²) >= 11 is 0. The highest BCUT2D eigenvalue weighted by Crippen LogP contribution is 2.19. The first-order valence-corrected chi connectivity index (χ1v) is 7.32. The number of benzene rings is 1. The number of carbonyl (C=O) groups excluding carboxylic acids is 1. The molecule has 0 saturated heterocycles. The molecule has 0 radical (unpaired) electrons. The first-order chi connectivity index (χ1) is 9.79. The highest BCUT2D eigenvalue weighted by atomic mass is 16.6. The number of fused-ring (bicyclic) bond motifs is 1. The summed E-state index contributed by atoms with van der Waals surface area (Å²) in [6, 6.07) is 7.54. The first kappa shape index (κ1) is 14.4. The summed E-state index contributed by atoms with van der Waals surface area (Å²) in [5, 5.41) is 3.88. The molecule has 1 heterocycles. The second-order valence-corrected chi connectivity index (χ2v) is 4.96. The number of aromatic nitrogens is 1. The zero-order valence-corrected chi connectivity index (χ0v) is 11.9. The van der Waals surface area contributed by atoms with Gasteiger partial charge in [-0.3, -0.25) is 0 Å².